The lowest BCUT2D eigenvalue weighted by molar-refractivity contribution is -0.136. The Labute approximate surface area is 191 Å². The van der Waals surface area contributed by atoms with Crippen molar-refractivity contribution in [2.24, 2.45) is 0 Å². The number of tetrazole rings is 1. The number of benzene rings is 2. The van der Waals surface area contributed by atoms with Crippen molar-refractivity contribution in [1.29, 1.82) is 0 Å². The second kappa shape index (κ2) is 9.78. The Kier molecular flexibility index (Phi) is 6.65. The van der Waals surface area contributed by atoms with Crippen LogP contribution >= 0.6 is 11.6 Å². The van der Waals surface area contributed by atoms with Crippen LogP contribution in [0.3, 0.4) is 0 Å². The molecule has 1 aromatic heterocycles. The van der Waals surface area contributed by atoms with E-state index in [0.717, 1.165) is 11.1 Å². The van der Waals surface area contributed by atoms with Crippen molar-refractivity contribution in [3.05, 3.63) is 71.0 Å². The van der Waals surface area contributed by atoms with Gasteiger partial charge in [-0.25, -0.2) is 9.48 Å². The maximum absolute atomic E-state index is 13.3. The minimum absolute atomic E-state index is 0.0634. The normalized spacial score (nSPS) is 14.8. The van der Waals surface area contributed by atoms with Crippen LogP contribution in [0.1, 0.15) is 17.2 Å². The third kappa shape index (κ3) is 5.05. The molecule has 1 fully saturated rings. The van der Waals surface area contributed by atoms with E-state index < -0.39 is 6.04 Å². The van der Waals surface area contributed by atoms with E-state index in [0.29, 0.717) is 43.3 Å². The fourth-order valence-corrected chi connectivity index (χ4v) is 3.84. The molecule has 10 heteroatoms. The summed E-state index contributed by atoms with van der Waals surface area (Å²) in [5.41, 5.74) is 2.62. The van der Waals surface area contributed by atoms with Crippen LogP contribution in [-0.4, -0.2) is 68.1 Å². The van der Waals surface area contributed by atoms with Gasteiger partial charge in [-0.15, -0.1) is 5.10 Å². The largest absolute Gasteiger partial charge is 0.337 e. The predicted octanol–water partition coefficient (Wildman–Crippen LogP) is 2.80. The minimum atomic E-state index is -0.539. The molecule has 0 bridgehead atoms. The van der Waals surface area contributed by atoms with E-state index >= 15 is 0 Å². The molecule has 4 rings (SSSR count). The lowest BCUT2D eigenvalue weighted by atomic mass is 10.0. The van der Waals surface area contributed by atoms with E-state index in [4.69, 9.17) is 11.6 Å². The van der Waals surface area contributed by atoms with E-state index in [-0.39, 0.29) is 11.9 Å². The van der Waals surface area contributed by atoms with Gasteiger partial charge in [0, 0.05) is 43.3 Å². The van der Waals surface area contributed by atoms with Gasteiger partial charge in [-0.2, -0.15) is 0 Å². The van der Waals surface area contributed by atoms with Gasteiger partial charge in [0.05, 0.1) is 0 Å². The highest BCUT2D eigenvalue weighted by atomic mass is 35.5. The molecule has 2 aromatic carbocycles. The van der Waals surface area contributed by atoms with Crippen molar-refractivity contribution in [2.45, 2.75) is 19.4 Å². The molecule has 9 nitrogen and oxygen atoms in total. The molecule has 0 saturated carbocycles. The van der Waals surface area contributed by atoms with E-state index in [1.165, 1.54) is 11.0 Å². The van der Waals surface area contributed by atoms with Gasteiger partial charge in [-0.05, 0) is 40.6 Å². The van der Waals surface area contributed by atoms with Crippen molar-refractivity contribution >= 4 is 29.2 Å². The first kappa shape index (κ1) is 21.8. The van der Waals surface area contributed by atoms with Crippen LogP contribution in [0.25, 0.3) is 0 Å². The highest BCUT2D eigenvalue weighted by molar-refractivity contribution is 6.31. The van der Waals surface area contributed by atoms with Crippen LogP contribution in [0.5, 0.6) is 0 Å². The van der Waals surface area contributed by atoms with E-state index in [1.807, 2.05) is 49.4 Å². The average Bonchev–Trinajstić information content (AvgIpc) is 3.35. The summed E-state index contributed by atoms with van der Waals surface area (Å²) in [6.45, 7) is 3.66. The number of anilines is 1. The summed E-state index contributed by atoms with van der Waals surface area (Å²) in [6, 6.07) is 14.4. The first-order valence-corrected chi connectivity index (χ1v) is 10.8. The molecular weight excluding hydrogens is 430 g/mol. The molecule has 0 spiro atoms. The lowest BCUT2D eigenvalue weighted by Gasteiger charge is -2.36. The first-order chi connectivity index (χ1) is 15.5. The standard InChI is InChI=1S/C22H24ClN7O2/c1-16-7-8-18(14-19(16)23)25-22(32)29-11-9-28(10-12-29)21(31)20(30-15-24-26-27-30)13-17-5-3-2-4-6-17/h2-8,14-15,20H,9-13H2,1H3,(H,25,32). The summed E-state index contributed by atoms with van der Waals surface area (Å²) in [6.07, 6.45) is 1.95. The van der Waals surface area contributed by atoms with E-state index in [1.54, 1.807) is 15.9 Å². The van der Waals surface area contributed by atoms with Crippen LogP contribution < -0.4 is 5.32 Å². The Morgan fingerprint density at radius 3 is 2.44 bits per heavy atom. The third-order valence-corrected chi connectivity index (χ3v) is 5.95. The Morgan fingerprint density at radius 1 is 1.06 bits per heavy atom. The Bertz CT molecular complexity index is 1070. The molecular formula is C22H24ClN7O2. The fourth-order valence-electron chi connectivity index (χ4n) is 3.66. The summed E-state index contributed by atoms with van der Waals surface area (Å²) < 4.78 is 1.50. The zero-order chi connectivity index (χ0) is 22.5. The molecule has 3 amide bonds. The van der Waals surface area contributed by atoms with Gasteiger partial charge in [0.2, 0.25) is 5.91 Å². The first-order valence-electron chi connectivity index (χ1n) is 10.4. The van der Waals surface area contributed by atoms with Crippen LogP contribution in [0.4, 0.5) is 10.5 Å². The summed E-state index contributed by atoms with van der Waals surface area (Å²) in [4.78, 5) is 29.4. The molecule has 1 aliphatic rings. The van der Waals surface area contributed by atoms with Crippen LogP contribution in [0, 0.1) is 6.92 Å². The van der Waals surface area contributed by atoms with Gasteiger partial charge in [0.25, 0.3) is 0 Å². The number of hydrogen-bond donors (Lipinski definition) is 1. The third-order valence-electron chi connectivity index (χ3n) is 5.54. The maximum Gasteiger partial charge on any atom is 0.321 e. The number of halogens is 1. The summed E-state index contributed by atoms with van der Waals surface area (Å²) in [5.74, 6) is -0.0634. The predicted molar refractivity (Wildman–Crippen MR) is 120 cm³/mol. The average molecular weight is 454 g/mol. The summed E-state index contributed by atoms with van der Waals surface area (Å²) in [7, 11) is 0. The highest BCUT2D eigenvalue weighted by Gasteiger charge is 2.31. The zero-order valence-corrected chi connectivity index (χ0v) is 18.4. The molecule has 3 aromatic rings. The smallest absolute Gasteiger partial charge is 0.321 e. The van der Waals surface area contributed by atoms with E-state index in [9.17, 15) is 9.59 Å². The number of rotatable bonds is 5. The SMILES string of the molecule is Cc1ccc(NC(=O)N2CCN(C(=O)C(Cc3ccccc3)n3cnnn3)CC2)cc1Cl. The molecule has 0 aliphatic carbocycles. The topological polar surface area (TPSA) is 96.2 Å². The van der Waals surface area contributed by atoms with Crippen LogP contribution in [-0.2, 0) is 11.2 Å². The van der Waals surface area contributed by atoms with Crippen LogP contribution in [0.15, 0.2) is 54.9 Å². The number of aryl methyl sites for hydroxylation is 1. The monoisotopic (exact) mass is 453 g/mol. The number of piperazine rings is 1. The molecule has 0 radical (unpaired) electrons. The fraction of sp³-hybridized carbons (Fsp3) is 0.318. The number of amides is 3. The Hall–Kier alpha value is -3.46. The van der Waals surface area contributed by atoms with Gasteiger partial charge in [-0.3, -0.25) is 4.79 Å². The molecule has 2 heterocycles. The number of carbonyl (C=O) groups is 2. The quantitative estimate of drug-likeness (QED) is 0.640. The van der Waals surface area contributed by atoms with Gasteiger partial charge in [0.15, 0.2) is 0 Å². The molecule has 166 valence electrons. The van der Waals surface area contributed by atoms with Crippen molar-refractivity contribution in [3.63, 3.8) is 0 Å². The Balaban J connectivity index is 1.38. The number of nitrogens with one attached hydrogen (secondary N) is 1. The zero-order valence-electron chi connectivity index (χ0n) is 17.7. The van der Waals surface area contributed by atoms with Gasteiger partial charge >= 0.3 is 6.03 Å². The number of urea groups is 1. The van der Waals surface area contributed by atoms with Gasteiger partial charge < -0.3 is 15.1 Å². The molecule has 32 heavy (non-hydrogen) atoms. The summed E-state index contributed by atoms with van der Waals surface area (Å²) in [5, 5.41) is 14.8. The minimum Gasteiger partial charge on any atom is -0.337 e. The lowest BCUT2D eigenvalue weighted by Crippen LogP contribution is -2.53. The van der Waals surface area contributed by atoms with Crippen LogP contribution in [0.2, 0.25) is 5.02 Å². The number of nitrogens with zero attached hydrogens (tertiary/aromatic N) is 6. The maximum atomic E-state index is 13.3. The Morgan fingerprint density at radius 2 is 1.78 bits per heavy atom. The highest BCUT2D eigenvalue weighted by Crippen LogP contribution is 2.21. The second-order valence-corrected chi connectivity index (χ2v) is 8.11. The van der Waals surface area contributed by atoms with Crippen molar-refractivity contribution in [1.82, 2.24) is 30.0 Å². The van der Waals surface area contributed by atoms with Crippen molar-refractivity contribution in [2.75, 3.05) is 31.5 Å². The number of hydrogen-bond acceptors (Lipinski definition) is 5. The number of carbonyl (C=O) groups excluding carboxylic acids is 2. The molecule has 1 aliphatic heterocycles. The molecule has 1 N–H and O–H groups in total. The van der Waals surface area contributed by atoms with E-state index in [2.05, 4.69) is 20.8 Å². The molecule has 1 saturated heterocycles. The van der Waals surface area contributed by atoms with Crippen molar-refractivity contribution < 1.29 is 9.59 Å². The van der Waals surface area contributed by atoms with Gasteiger partial charge in [-0.1, -0.05) is 48.0 Å². The summed E-state index contributed by atoms with van der Waals surface area (Å²) >= 11 is 6.14. The second-order valence-electron chi connectivity index (χ2n) is 7.70. The molecule has 1 unspecified atom stereocenters. The van der Waals surface area contributed by atoms with Gasteiger partial charge in [0.1, 0.15) is 12.4 Å². The number of aromatic nitrogens is 4. The van der Waals surface area contributed by atoms with Crippen molar-refractivity contribution in [3.8, 4) is 0 Å². The molecule has 1 atom stereocenters.